The predicted molar refractivity (Wildman–Crippen MR) is 133 cm³/mol. The molecule has 2 heterocycles. The Morgan fingerprint density at radius 1 is 1.03 bits per heavy atom. The van der Waals surface area contributed by atoms with E-state index in [-0.39, 0.29) is 17.6 Å². The van der Waals surface area contributed by atoms with Crippen LogP contribution in [0.4, 0.5) is 14.5 Å². The van der Waals surface area contributed by atoms with E-state index in [9.17, 15) is 23.5 Å². The number of halogens is 2. The number of rotatable bonds is 5. The standard InChI is InChI=1S/C28H24F2N2O5/c1-36-20-6-9-23-18(14-20)15-24(37-23)27(34)31-19-4-2-16(3-5-19)17-10-12-32(13-11-17)28(35)25-21(29)7-8-22(33)26(25)30/h2-9,14-15,17,33H,10-13H2,1H3,(H,31,34). The minimum atomic E-state index is -1.24. The number of amides is 2. The van der Waals surface area contributed by atoms with Gasteiger partial charge in [0, 0.05) is 24.2 Å². The van der Waals surface area contributed by atoms with Gasteiger partial charge in [0.2, 0.25) is 0 Å². The molecular formula is C28H24F2N2O5. The quantitative estimate of drug-likeness (QED) is 0.363. The van der Waals surface area contributed by atoms with Gasteiger partial charge < -0.3 is 24.5 Å². The maximum atomic E-state index is 14.2. The van der Waals surface area contributed by atoms with Crippen LogP contribution in [0, 0.1) is 11.6 Å². The first-order chi connectivity index (χ1) is 17.8. The largest absolute Gasteiger partial charge is 0.505 e. The van der Waals surface area contributed by atoms with Gasteiger partial charge in [0.15, 0.2) is 17.3 Å². The number of hydrogen-bond acceptors (Lipinski definition) is 5. The number of phenolic OH excluding ortho intramolecular Hbond substituents is 1. The molecule has 5 rings (SSSR count). The minimum Gasteiger partial charge on any atom is -0.505 e. The second kappa shape index (κ2) is 9.93. The zero-order valence-corrected chi connectivity index (χ0v) is 20.0. The number of ether oxygens (including phenoxy) is 1. The molecule has 0 atom stereocenters. The van der Waals surface area contributed by atoms with Gasteiger partial charge in [0.05, 0.1) is 7.11 Å². The molecule has 0 radical (unpaired) electrons. The van der Waals surface area contributed by atoms with Gasteiger partial charge in [-0.3, -0.25) is 9.59 Å². The number of methoxy groups -OCH3 is 1. The molecule has 9 heteroatoms. The molecule has 0 unspecified atom stereocenters. The Bertz CT molecular complexity index is 1470. The van der Waals surface area contributed by atoms with E-state index in [0.717, 1.165) is 23.1 Å². The van der Waals surface area contributed by atoms with Crippen molar-refractivity contribution in [1.29, 1.82) is 0 Å². The second-order valence-corrected chi connectivity index (χ2v) is 8.91. The van der Waals surface area contributed by atoms with Crippen molar-refractivity contribution in [2.75, 3.05) is 25.5 Å². The van der Waals surface area contributed by atoms with E-state index in [4.69, 9.17) is 9.15 Å². The highest BCUT2D eigenvalue weighted by atomic mass is 19.1. The summed E-state index contributed by atoms with van der Waals surface area (Å²) in [6, 6.07) is 16.1. The maximum absolute atomic E-state index is 14.2. The lowest BCUT2D eigenvalue weighted by Gasteiger charge is -2.32. The number of hydrogen-bond donors (Lipinski definition) is 2. The number of likely N-dealkylation sites (tertiary alicyclic amines) is 1. The van der Waals surface area contributed by atoms with Crippen LogP contribution in [0.15, 0.2) is 65.1 Å². The first kappa shape index (κ1) is 24.3. The third-order valence-electron chi connectivity index (χ3n) is 6.65. The number of phenols is 1. The zero-order chi connectivity index (χ0) is 26.1. The van der Waals surface area contributed by atoms with Crippen LogP contribution in [0.1, 0.15) is 45.2 Å². The predicted octanol–water partition coefficient (Wildman–Crippen LogP) is 5.70. The van der Waals surface area contributed by atoms with Gasteiger partial charge in [0.25, 0.3) is 11.8 Å². The van der Waals surface area contributed by atoms with E-state index in [1.165, 1.54) is 4.90 Å². The number of nitrogens with zero attached hydrogens (tertiary/aromatic N) is 1. The van der Waals surface area contributed by atoms with Crippen molar-refractivity contribution in [3.8, 4) is 11.5 Å². The summed E-state index contributed by atoms with van der Waals surface area (Å²) in [6.45, 7) is 0.653. The van der Waals surface area contributed by atoms with E-state index < -0.39 is 28.9 Å². The molecule has 1 aliphatic rings. The van der Waals surface area contributed by atoms with Gasteiger partial charge in [-0.1, -0.05) is 12.1 Å². The Morgan fingerprint density at radius 2 is 1.76 bits per heavy atom. The Morgan fingerprint density at radius 3 is 2.46 bits per heavy atom. The van der Waals surface area contributed by atoms with Crippen LogP contribution >= 0.6 is 0 Å². The molecule has 1 fully saturated rings. The Hall–Kier alpha value is -4.40. The average Bonchev–Trinajstić information content (AvgIpc) is 3.35. The van der Waals surface area contributed by atoms with Crippen LogP contribution in [0.25, 0.3) is 11.0 Å². The lowest BCUT2D eigenvalue weighted by Crippen LogP contribution is -2.38. The number of carbonyl (C=O) groups is 2. The zero-order valence-electron chi connectivity index (χ0n) is 20.0. The molecular weight excluding hydrogens is 482 g/mol. The van der Waals surface area contributed by atoms with Crippen molar-refractivity contribution in [3.05, 3.63) is 89.2 Å². The molecule has 3 aromatic carbocycles. The molecule has 37 heavy (non-hydrogen) atoms. The van der Waals surface area contributed by atoms with E-state index >= 15 is 0 Å². The number of fused-ring (bicyclic) bond motifs is 1. The first-order valence-corrected chi connectivity index (χ1v) is 11.8. The fraction of sp³-hybridized carbons (Fsp3) is 0.214. The summed E-state index contributed by atoms with van der Waals surface area (Å²) in [4.78, 5) is 26.7. The lowest BCUT2D eigenvalue weighted by atomic mass is 9.89. The van der Waals surface area contributed by atoms with Crippen molar-refractivity contribution in [2.24, 2.45) is 0 Å². The molecule has 0 aliphatic carbocycles. The molecule has 7 nitrogen and oxygen atoms in total. The van der Waals surface area contributed by atoms with Crippen molar-refractivity contribution < 1.29 is 32.6 Å². The molecule has 1 saturated heterocycles. The van der Waals surface area contributed by atoms with Gasteiger partial charge in [0.1, 0.15) is 22.7 Å². The van der Waals surface area contributed by atoms with Gasteiger partial charge >= 0.3 is 0 Å². The summed E-state index contributed by atoms with van der Waals surface area (Å²) in [5.41, 5.74) is 1.49. The highest BCUT2D eigenvalue weighted by molar-refractivity contribution is 6.04. The summed E-state index contributed by atoms with van der Waals surface area (Å²) < 4.78 is 39.1. The third-order valence-corrected chi connectivity index (χ3v) is 6.65. The number of aromatic hydroxyl groups is 1. The van der Waals surface area contributed by atoms with E-state index in [0.29, 0.717) is 43.0 Å². The topological polar surface area (TPSA) is 92.0 Å². The SMILES string of the molecule is COc1ccc2oc(C(=O)Nc3ccc(C4CCN(C(=O)c5c(F)ccc(O)c5F)CC4)cc3)cc2c1. The number of carbonyl (C=O) groups excluding carboxylic acids is 2. The summed E-state index contributed by atoms with van der Waals surface area (Å²) in [6.07, 6.45) is 1.23. The van der Waals surface area contributed by atoms with E-state index in [1.807, 2.05) is 12.1 Å². The summed E-state index contributed by atoms with van der Waals surface area (Å²) in [7, 11) is 1.57. The monoisotopic (exact) mass is 506 g/mol. The summed E-state index contributed by atoms with van der Waals surface area (Å²) in [5.74, 6) is -3.14. The smallest absolute Gasteiger partial charge is 0.291 e. The van der Waals surface area contributed by atoms with Crippen LogP contribution in [-0.2, 0) is 0 Å². The summed E-state index contributed by atoms with van der Waals surface area (Å²) >= 11 is 0. The van der Waals surface area contributed by atoms with Crippen LogP contribution in [0.2, 0.25) is 0 Å². The van der Waals surface area contributed by atoms with Gasteiger partial charge in [-0.15, -0.1) is 0 Å². The van der Waals surface area contributed by atoms with Crippen molar-refractivity contribution in [2.45, 2.75) is 18.8 Å². The second-order valence-electron chi connectivity index (χ2n) is 8.91. The first-order valence-electron chi connectivity index (χ1n) is 11.8. The molecule has 4 aromatic rings. The fourth-order valence-electron chi connectivity index (χ4n) is 4.60. The highest BCUT2D eigenvalue weighted by Gasteiger charge is 2.29. The van der Waals surface area contributed by atoms with Crippen LogP contribution in [-0.4, -0.2) is 42.0 Å². The van der Waals surface area contributed by atoms with E-state index in [1.54, 1.807) is 43.5 Å². The summed E-state index contributed by atoms with van der Waals surface area (Å²) in [5, 5.41) is 13.1. The Kier molecular flexibility index (Phi) is 6.52. The van der Waals surface area contributed by atoms with Crippen molar-refractivity contribution in [3.63, 3.8) is 0 Å². The van der Waals surface area contributed by atoms with Crippen LogP contribution in [0.3, 0.4) is 0 Å². The Labute approximate surface area is 211 Å². The number of benzene rings is 3. The Balaban J connectivity index is 1.20. The van der Waals surface area contributed by atoms with Gasteiger partial charge in [-0.25, -0.2) is 8.78 Å². The normalized spacial score (nSPS) is 14.1. The number of furan rings is 1. The molecule has 2 N–H and O–H groups in total. The number of nitrogens with one attached hydrogen (secondary N) is 1. The average molecular weight is 507 g/mol. The number of anilines is 1. The molecule has 0 bridgehead atoms. The highest BCUT2D eigenvalue weighted by Crippen LogP contribution is 2.31. The van der Waals surface area contributed by atoms with E-state index in [2.05, 4.69) is 5.32 Å². The maximum Gasteiger partial charge on any atom is 0.291 e. The fourth-order valence-corrected chi connectivity index (χ4v) is 4.60. The lowest BCUT2D eigenvalue weighted by molar-refractivity contribution is 0.0702. The molecule has 0 saturated carbocycles. The van der Waals surface area contributed by atoms with Gasteiger partial charge in [-0.2, -0.15) is 0 Å². The third kappa shape index (κ3) is 4.84. The minimum absolute atomic E-state index is 0.151. The van der Waals surface area contributed by atoms with Crippen molar-refractivity contribution >= 4 is 28.5 Å². The molecule has 2 amide bonds. The number of piperidine rings is 1. The van der Waals surface area contributed by atoms with Crippen LogP contribution < -0.4 is 10.1 Å². The molecule has 1 aliphatic heterocycles. The van der Waals surface area contributed by atoms with Crippen LogP contribution in [0.5, 0.6) is 11.5 Å². The van der Waals surface area contributed by atoms with Gasteiger partial charge in [-0.05, 0) is 72.9 Å². The molecule has 0 spiro atoms. The molecule has 190 valence electrons. The van der Waals surface area contributed by atoms with Crippen molar-refractivity contribution in [1.82, 2.24) is 4.90 Å². The molecule has 1 aromatic heterocycles.